The fourth-order valence-corrected chi connectivity index (χ4v) is 3.92. The second-order valence-corrected chi connectivity index (χ2v) is 5.57. The molecule has 1 spiro atoms. The summed E-state index contributed by atoms with van der Waals surface area (Å²) in [5.74, 6) is -2.39. The van der Waals surface area contributed by atoms with E-state index >= 15 is 0 Å². The van der Waals surface area contributed by atoms with Gasteiger partial charge in [-0.3, -0.25) is 9.59 Å². The van der Waals surface area contributed by atoms with E-state index in [9.17, 15) is 14.7 Å². The molecule has 0 aromatic rings. The monoisotopic (exact) mass is 266 g/mol. The van der Waals surface area contributed by atoms with Crippen LogP contribution in [0.15, 0.2) is 12.2 Å². The van der Waals surface area contributed by atoms with Crippen molar-refractivity contribution in [1.29, 1.82) is 0 Å². The molecule has 19 heavy (non-hydrogen) atoms. The molecule has 1 saturated carbocycles. The predicted molar refractivity (Wildman–Crippen MR) is 65.0 cm³/mol. The number of rotatable bonds is 2. The first-order valence-corrected chi connectivity index (χ1v) is 6.82. The van der Waals surface area contributed by atoms with E-state index < -0.39 is 29.1 Å². The number of carbonyl (C=O) groups excluding carboxylic acids is 2. The SMILES string of the molecule is CCOC(=O)C1C(=O)O[C@]23CC=CC[C@@H]2CC[C@]13O. The lowest BCUT2D eigenvalue weighted by Crippen LogP contribution is -2.55. The maximum atomic E-state index is 12.1. The number of aliphatic hydroxyl groups is 1. The zero-order chi connectivity index (χ0) is 13.7. The van der Waals surface area contributed by atoms with Crippen molar-refractivity contribution in [2.75, 3.05) is 6.61 Å². The van der Waals surface area contributed by atoms with Gasteiger partial charge in [-0.2, -0.15) is 0 Å². The van der Waals surface area contributed by atoms with Crippen LogP contribution >= 0.6 is 0 Å². The van der Waals surface area contributed by atoms with Gasteiger partial charge in [-0.15, -0.1) is 0 Å². The molecule has 5 heteroatoms. The summed E-state index contributed by atoms with van der Waals surface area (Å²) < 4.78 is 10.4. The van der Waals surface area contributed by atoms with Gasteiger partial charge < -0.3 is 14.6 Å². The second kappa shape index (κ2) is 4.07. The predicted octanol–water partition coefficient (Wildman–Crippen LogP) is 0.952. The summed E-state index contributed by atoms with van der Waals surface area (Å²) in [5, 5.41) is 11.0. The lowest BCUT2D eigenvalue weighted by atomic mass is 9.71. The van der Waals surface area contributed by atoms with E-state index in [1.54, 1.807) is 6.92 Å². The van der Waals surface area contributed by atoms with Crippen molar-refractivity contribution in [2.24, 2.45) is 11.8 Å². The Kier molecular flexibility index (Phi) is 2.71. The molecule has 1 N–H and O–H groups in total. The molecule has 1 aliphatic heterocycles. The number of hydrogen-bond acceptors (Lipinski definition) is 5. The number of carbonyl (C=O) groups is 2. The molecule has 5 nitrogen and oxygen atoms in total. The number of ether oxygens (including phenoxy) is 2. The van der Waals surface area contributed by atoms with Gasteiger partial charge >= 0.3 is 11.9 Å². The maximum absolute atomic E-state index is 12.1. The minimum Gasteiger partial charge on any atom is -0.465 e. The summed E-state index contributed by atoms with van der Waals surface area (Å²) >= 11 is 0. The minimum absolute atomic E-state index is 0.103. The Morgan fingerprint density at radius 2 is 2.37 bits per heavy atom. The van der Waals surface area contributed by atoms with Gasteiger partial charge in [0.05, 0.1) is 6.61 Å². The zero-order valence-corrected chi connectivity index (χ0v) is 10.9. The smallest absolute Gasteiger partial charge is 0.324 e. The van der Waals surface area contributed by atoms with Crippen LogP contribution in [0.2, 0.25) is 0 Å². The summed E-state index contributed by atoms with van der Waals surface area (Å²) in [6.07, 6.45) is 6.42. The fraction of sp³-hybridized carbons (Fsp3) is 0.714. The van der Waals surface area contributed by atoms with Crippen LogP contribution in [0, 0.1) is 11.8 Å². The molecule has 0 aromatic carbocycles. The van der Waals surface area contributed by atoms with Crippen LogP contribution in [0.25, 0.3) is 0 Å². The molecule has 4 atom stereocenters. The van der Waals surface area contributed by atoms with Crippen molar-refractivity contribution in [1.82, 2.24) is 0 Å². The van der Waals surface area contributed by atoms with E-state index in [0.29, 0.717) is 12.8 Å². The maximum Gasteiger partial charge on any atom is 0.324 e. The molecule has 104 valence electrons. The van der Waals surface area contributed by atoms with Gasteiger partial charge in [-0.05, 0) is 26.2 Å². The lowest BCUT2D eigenvalue weighted by molar-refractivity contribution is -0.161. The number of hydrogen-bond donors (Lipinski definition) is 1. The van der Waals surface area contributed by atoms with Crippen LogP contribution < -0.4 is 0 Å². The van der Waals surface area contributed by atoms with Gasteiger partial charge in [-0.1, -0.05) is 12.2 Å². The van der Waals surface area contributed by atoms with Crippen molar-refractivity contribution >= 4 is 11.9 Å². The third-order valence-electron chi connectivity index (χ3n) is 4.79. The third-order valence-corrected chi connectivity index (χ3v) is 4.79. The van der Waals surface area contributed by atoms with Crippen molar-refractivity contribution in [3.05, 3.63) is 12.2 Å². The summed E-state index contributed by atoms with van der Waals surface area (Å²) in [4.78, 5) is 24.0. The van der Waals surface area contributed by atoms with Crippen LogP contribution in [0.5, 0.6) is 0 Å². The second-order valence-electron chi connectivity index (χ2n) is 5.57. The molecule has 3 rings (SSSR count). The topological polar surface area (TPSA) is 72.8 Å². The van der Waals surface area contributed by atoms with Crippen LogP contribution in [0.4, 0.5) is 0 Å². The van der Waals surface area contributed by atoms with Gasteiger partial charge in [-0.25, -0.2) is 0 Å². The largest absolute Gasteiger partial charge is 0.465 e. The minimum atomic E-state index is -1.41. The van der Waals surface area contributed by atoms with Gasteiger partial charge in [0.1, 0.15) is 11.2 Å². The van der Waals surface area contributed by atoms with Crippen LogP contribution in [-0.4, -0.2) is 34.9 Å². The quantitative estimate of drug-likeness (QED) is 0.458. The summed E-state index contributed by atoms with van der Waals surface area (Å²) in [6, 6.07) is 0. The molecule has 2 fully saturated rings. The standard InChI is InChI=1S/C14H18O5/c1-2-18-11(15)10-12(16)19-14-7-4-3-5-9(14)6-8-13(10,14)17/h3-4,9-10,17H,2,5-8H2,1H3/t9-,10?,13+,14-/m1/s1. The molecule has 1 saturated heterocycles. The van der Waals surface area contributed by atoms with Crippen LogP contribution in [0.3, 0.4) is 0 Å². The van der Waals surface area contributed by atoms with Crippen LogP contribution in [0.1, 0.15) is 32.6 Å². The Hall–Kier alpha value is -1.36. The Balaban J connectivity index is 2.00. The average Bonchev–Trinajstić information content (AvgIpc) is 2.75. The molecule has 0 amide bonds. The highest BCUT2D eigenvalue weighted by Crippen LogP contribution is 2.59. The highest BCUT2D eigenvalue weighted by molar-refractivity contribution is 5.99. The van der Waals surface area contributed by atoms with E-state index in [4.69, 9.17) is 9.47 Å². The zero-order valence-electron chi connectivity index (χ0n) is 10.9. The number of allylic oxidation sites excluding steroid dienone is 1. The first-order valence-electron chi connectivity index (χ1n) is 6.82. The fourth-order valence-electron chi connectivity index (χ4n) is 3.92. The van der Waals surface area contributed by atoms with E-state index in [1.165, 1.54) is 0 Å². The first kappa shape index (κ1) is 12.7. The van der Waals surface area contributed by atoms with Gasteiger partial charge in [0.25, 0.3) is 0 Å². The van der Waals surface area contributed by atoms with Crippen molar-refractivity contribution in [3.63, 3.8) is 0 Å². The molecular weight excluding hydrogens is 248 g/mol. The molecule has 1 heterocycles. The number of esters is 2. The Labute approximate surface area is 111 Å². The van der Waals surface area contributed by atoms with E-state index in [2.05, 4.69) is 0 Å². The van der Waals surface area contributed by atoms with E-state index in [0.717, 1.165) is 12.8 Å². The molecular formula is C14H18O5. The summed E-state index contributed by atoms with van der Waals surface area (Å²) in [6.45, 7) is 1.87. The summed E-state index contributed by atoms with van der Waals surface area (Å²) in [5.41, 5.74) is -2.33. The highest BCUT2D eigenvalue weighted by atomic mass is 16.6. The van der Waals surface area contributed by atoms with Gasteiger partial charge in [0, 0.05) is 12.3 Å². The molecule has 3 aliphatic rings. The molecule has 1 unspecified atom stereocenters. The first-order chi connectivity index (χ1) is 9.05. The molecule has 0 radical (unpaired) electrons. The van der Waals surface area contributed by atoms with E-state index in [-0.39, 0.29) is 12.5 Å². The Bertz CT molecular complexity index is 457. The average molecular weight is 266 g/mol. The van der Waals surface area contributed by atoms with Crippen molar-refractivity contribution in [3.8, 4) is 0 Å². The normalized spacial score (nSPS) is 43.6. The van der Waals surface area contributed by atoms with Gasteiger partial charge in [0.15, 0.2) is 5.92 Å². The summed E-state index contributed by atoms with van der Waals surface area (Å²) in [7, 11) is 0. The third kappa shape index (κ3) is 1.45. The molecule has 0 aromatic heterocycles. The lowest BCUT2D eigenvalue weighted by Gasteiger charge is -2.40. The van der Waals surface area contributed by atoms with Crippen molar-refractivity contribution in [2.45, 2.75) is 43.8 Å². The molecule has 0 bridgehead atoms. The Morgan fingerprint density at radius 1 is 1.58 bits per heavy atom. The van der Waals surface area contributed by atoms with Crippen molar-refractivity contribution < 1.29 is 24.2 Å². The van der Waals surface area contributed by atoms with Gasteiger partial charge in [0.2, 0.25) is 0 Å². The molecule has 2 aliphatic carbocycles. The van der Waals surface area contributed by atoms with Crippen LogP contribution in [-0.2, 0) is 19.1 Å². The Morgan fingerprint density at radius 3 is 3.11 bits per heavy atom. The highest BCUT2D eigenvalue weighted by Gasteiger charge is 2.73. The van der Waals surface area contributed by atoms with E-state index in [1.807, 2.05) is 12.2 Å².